The van der Waals surface area contributed by atoms with Crippen molar-refractivity contribution in [3.8, 4) is 12.3 Å². The van der Waals surface area contributed by atoms with Gasteiger partial charge in [-0.05, 0) is 17.7 Å². The van der Waals surface area contributed by atoms with Crippen molar-refractivity contribution < 1.29 is 0 Å². The molecule has 1 aromatic rings. The molecule has 3 nitrogen and oxygen atoms in total. The van der Waals surface area contributed by atoms with E-state index in [-0.39, 0.29) is 0 Å². The van der Waals surface area contributed by atoms with Gasteiger partial charge in [-0.1, -0.05) is 18.6 Å². The molecule has 72 valence electrons. The molecule has 0 aromatic heterocycles. The molecule has 0 aliphatic rings. The molecule has 0 atom stereocenters. The predicted molar refractivity (Wildman–Crippen MR) is 61.1 cm³/mol. The fourth-order valence-corrected chi connectivity index (χ4v) is 1.02. The van der Waals surface area contributed by atoms with Gasteiger partial charge in [-0.3, -0.25) is 0 Å². The van der Waals surface area contributed by atoms with Crippen LogP contribution in [0.2, 0.25) is 0 Å². The number of terminal acetylenes is 1. The van der Waals surface area contributed by atoms with E-state index in [4.69, 9.17) is 17.9 Å². The van der Waals surface area contributed by atoms with Crippen LogP contribution in [0.5, 0.6) is 0 Å². The quantitative estimate of drug-likeness (QED) is 0.489. The maximum atomic E-state index is 5.65. The smallest absolute Gasteiger partial charge is 0.0763 e. The summed E-state index contributed by atoms with van der Waals surface area (Å²) in [5, 5.41) is 2.97. The first-order valence-corrected chi connectivity index (χ1v) is 4.16. The Kier molecular flexibility index (Phi) is 3.03. The third-order valence-electron chi connectivity index (χ3n) is 1.84. The van der Waals surface area contributed by atoms with Crippen molar-refractivity contribution in [2.24, 2.45) is 0 Å². The standard InChI is InChI=1S/C11H13N3/c1-3-6-14-8(2)9-4-5-10(12)11(13)7-9/h1,4-5,7,14H,2,6,12-13H2. The number of hydrogen-bond acceptors (Lipinski definition) is 3. The lowest BCUT2D eigenvalue weighted by atomic mass is 10.1. The Hall–Kier alpha value is -2.08. The number of benzene rings is 1. The number of hydrogen-bond donors (Lipinski definition) is 3. The first-order chi connectivity index (χ1) is 6.65. The Morgan fingerprint density at radius 3 is 2.71 bits per heavy atom. The topological polar surface area (TPSA) is 64.1 Å². The summed E-state index contributed by atoms with van der Waals surface area (Å²) in [5.74, 6) is 2.47. The van der Waals surface area contributed by atoms with E-state index in [1.165, 1.54) is 0 Å². The van der Waals surface area contributed by atoms with Gasteiger partial charge in [-0.15, -0.1) is 6.42 Å². The second-order valence-electron chi connectivity index (χ2n) is 2.88. The lowest BCUT2D eigenvalue weighted by Crippen LogP contribution is -2.11. The molecule has 0 fully saturated rings. The average molecular weight is 187 g/mol. The first-order valence-electron chi connectivity index (χ1n) is 4.16. The summed E-state index contributed by atoms with van der Waals surface area (Å²) < 4.78 is 0. The summed E-state index contributed by atoms with van der Waals surface area (Å²) in [4.78, 5) is 0. The molecule has 0 saturated heterocycles. The molecule has 0 aliphatic heterocycles. The lowest BCUT2D eigenvalue weighted by molar-refractivity contribution is 1.04. The minimum Gasteiger partial charge on any atom is -0.397 e. The molecule has 0 radical (unpaired) electrons. The second kappa shape index (κ2) is 4.24. The molecule has 0 heterocycles. The fraction of sp³-hybridized carbons (Fsp3) is 0.0909. The number of nitrogens with two attached hydrogens (primary N) is 2. The Bertz CT molecular complexity index is 388. The summed E-state index contributed by atoms with van der Waals surface area (Å²) in [6.45, 7) is 4.28. The molecule has 3 heteroatoms. The number of anilines is 2. The monoisotopic (exact) mass is 187 g/mol. The van der Waals surface area contributed by atoms with Crippen molar-refractivity contribution in [3.05, 3.63) is 30.3 Å². The molecule has 0 bridgehead atoms. The second-order valence-corrected chi connectivity index (χ2v) is 2.88. The van der Waals surface area contributed by atoms with Crippen LogP contribution >= 0.6 is 0 Å². The van der Waals surface area contributed by atoms with Gasteiger partial charge in [0.25, 0.3) is 0 Å². The van der Waals surface area contributed by atoms with Crippen molar-refractivity contribution in [2.45, 2.75) is 0 Å². The Balaban J connectivity index is 2.82. The highest BCUT2D eigenvalue weighted by molar-refractivity contribution is 5.72. The largest absolute Gasteiger partial charge is 0.397 e. The van der Waals surface area contributed by atoms with Crippen LogP contribution in [-0.2, 0) is 0 Å². The van der Waals surface area contributed by atoms with Gasteiger partial charge >= 0.3 is 0 Å². The van der Waals surface area contributed by atoms with Crippen LogP contribution in [0, 0.1) is 12.3 Å². The van der Waals surface area contributed by atoms with E-state index < -0.39 is 0 Å². The van der Waals surface area contributed by atoms with E-state index >= 15 is 0 Å². The van der Waals surface area contributed by atoms with E-state index in [0.717, 1.165) is 11.3 Å². The highest BCUT2D eigenvalue weighted by Crippen LogP contribution is 2.19. The predicted octanol–water partition coefficient (Wildman–Crippen LogP) is 1.04. The summed E-state index contributed by atoms with van der Waals surface area (Å²) >= 11 is 0. The third-order valence-corrected chi connectivity index (χ3v) is 1.84. The molecule has 0 unspecified atom stereocenters. The summed E-state index contributed by atoms with van der Waals surface area (Å²) in [7, 11) is 0. The summed E-state index contributed by atoms with van der Waals surface area (Å²) in [6, 6.07) is 5.35. The van der Waals surface area contributed by atoms with Crippen molar-refractivity contribution in [1.82, 2.24) is 5.32 Å². The van der Waals surface area contributed by atoms with Crippen LogP contribution in [0.15, 0.2) is 24.8 Å². The van der Waals surface area contributed by atoms with E-state index in [9.17, 15) is 0 Å². The van der Waals surface area contributed by atoms with Crippen LogP contribution in [0.1, 0.15) is 5.56 Å². The van der Waals surface area contributed by atoms with Crippen LogP contribution in [-0.4, -0.2) is 6.54 Å². The van der Waals surface area contributed by atoms with Gasteiger partial charge in [0.05, 0.1) is 17.9 Å². The van der Waals surface area contributed by atoms with Gasteiger partial charge < -0.3 is 16.8 Å². The van der Waals surface area contributed by atoms with E-state index in [1.807, 2.05) is 6.07 Å². The summed E-state index contributed by atoms with van der Waals surface area (Å²) in [6.07, 6.45) is 5.11. The van der Waals surface area contributed by atoms with Crippen molar-refractivity contribution >= 4 is 17.1 Å². The lowest BCUT2D eigenvalue weighted by Gasteiger charge is -2.08. The Labute approximate surface area is 83.8 Å². The Morgan fingerprint density at radius 1 is 1.43 bits per heavy atom. The minimum absolute atomic E-state index is 0.448. The van der Waals surface area contributed by atoms with Gasteiger partial charge in [0.2, 0.25) is 0 Å². The number of nitrogen functional groups attached to an aromatic ring is 2. The maximum absolute atomic E-state index is 5.65. The highest BCUT2D eigenvalue weighted by Gasteiger charge is 2.00. The maximum Gasteiger partial charge on any atom is 0.0763 e. The highest BCUT2D eigenvalue weighted by atomic mass is 14.9. The van der Waals surface area contributed by atoms with Gasteiger partial charge in [-0.25, -0.2) is 0 Å². The molecule has 14 heavy (non-hydrogen) atoms. The van der Waals surface area contributed by atoms with Crippen LogP contribution in [0.3, 0.4) is 0 Å². The molecular formula is C11H13N3. The fourth-order valence-electron chi connectivity index (χ4n) is 1.02. The van der Waals surface area contributed by atoms with Crippen LogP contribution in [0.4, 0.5) is 11.4 Å². The molecule has 0 amide bonds. The SMILES string of the molecule is C#CCNC(=C)c1ccc(N)c(N)c1. The zero-order valence-corrected chi connectivity index (χ0v) is 7.88. The molecular weight excluding hydrogens is 174 g/mol. The molecule has 1 aromatic carbocycles. The van der Waals surface area contributed by atoms with Crippen molar-refractivity contribution in [2.75, 3.05) is 18.0 Å². The first kappa shape index (κ1) is 10.0. The molecule has 0 spiro atoms. The van der Waals surface area contributed by atoms with Gasteiger partial charge in [0.15, 0.2) is 0 Å². The van der Waals surface area contributed by atoms with Gasteiger partial charge in [0, 0.05) is 5.70 Å². The molecule has 1 rings (SSSR count). The Morgan fingerprint density at radius 2 is 2.14 bits per heavy atom. The molecule has 0 aliphatic carbocycles. The van der Waals surface area contributed by atoms with Gasteiger partial charge in [0.1, 0.15) is 0 Å². The normalized spacial score (nSPS) is 9.07. The molecule has 0 saturated carbocycles. The summed E-state index contributed by atoms with van der Waals surface area (Å²) in [5.41, 5.74) is 14.0. The number of rotatable bonds is 3. The van der Waals surface area contributed by atoms with Crippen LogP contribution in [0.25, 0.3) is 5.70 Å². The number of nitrogens with one attached hydrogen (secondary N) is 1. The third kappa shape index (κ3) is 2.20. The van der Waals surface area contributed by atoms with Crippen LogP contribution < -0.4 is 16.8 Å². The minimum atomic E-state index is 0.448. The van der Waals surface area contributed by atoms with Crippen molar-refractivity contribution in [1.29, 1.82) is 0 Å². The zero-order valence-electron chi connectivity index (χ0n) is 7.88. The van der Waals surface area contributed by atoms with E-state index in [2.05, 4.69) is 17.8 Å². The van der Waals surface area contributed by atoms with Crippen molar-refractivity contribution in [3.63, 3.8) is 0 Å². The van der Waals surface area contributed by atoms with Gasteiger partial charge in [-0.2, -0.15) is 0 Å². The zero-order chi connectivity index (χ0) is 10.6. The molecule has 5 N–H and O–H groups in total. The average Bonchev–Trinajstić information content (AvgIpc) is 2.18. The van der Waals surface area contributed by atoms with E-state index in [0.29, 0.717) is 17.9 Å². The van der Waals surface area contributed by atoms with E-state index in [1.54, 1.807) is 12.1 Å².